The number of likely N-dealkylation sites (tertiary alicyclic amines) is 1. The van der Waals surface area contributed by atoms with Crippen molar-refractivity contribution in [1.82, 2.24) is 14.9 Å². The molecule has 3 heterocycles. The number of hydrogen-bond acceptors (Lipinski definition) is 5. The van der Waals surface area contributed by atoms with E-state index in [9.17, 15) is 18.0 Å². The second-order valence-electron chi connectivity index (χ2n) is 6.56. The summed E-state index contributed by atoms with van der Waals surface area (Å²) in [5, 5.41) is 5.23. The molecule has 4 rings (SSSR count). The molecule has 2 N–H and O–H groups in total. The van der Waals surface area contributed by atoms with Gasteiger partial charge in [0.05, 0.1) is 25.3 Å². The Balaban J connectivity index is 1.40. The lowest BCUT2D eigenvalue weighted by Gasteiger charge is -2.41. The van der Waals surface area contributed by atoms with E-state index in [2.05, 4.69) is 10.1 Å². The first-order valence-corrected chi connectivity index (χ1v) is 8.55. The molecular weight excluding hydrogens is 375 g/mol. The fourth-order valence-electron chi connectivity index (χ4n) is 3.16. The Bertz CT molecular complexity index is 929. The number of benzene rings is 1. The Morgan fingerprint density at radius 2 is 1.86 bits per heavy atom. The molecule has 146 valence electrons. The predicted molar refractivity (Wildman–Crippen MR) is 94.0 cm³/mol. The fourth-order valence-corrected chi connectivity index (χ4v) is 3.16. The summed E-state index contributed by atoms with van der Waals surface area (Å²) in [5.74, 6) is -1.98. The minimum absolute atomic E-state index is 0.0306. The van der Waals surface area contributed by atoms with Crippen molar-refractivity contribution in [1.29, 1.82) is 0 Å². The molecule has 1 atom stereocenters. The van der Waals surface area contributed by atoms with Gasteiger partial charge in [0, 0.05) is 24.8 Å². The van der Waals surface area contributed by atoms with Gasteiger partial charge in [-0.3, -0.25) is 0 Å². The number of nitrogens with two attached hydrogens (primary N) is 1. The van der Waals surface area contributed by atoms with E-state index in [1.54, 1.807) is 0 Å². The third-order valence-electron chi connectivity index (χ3n) is 4.55. The van der Waals surface area contributed by atoms with Gasteiger partial charge in [0.1, 0.15) is 23.6 Å². The van der Waals surface area contributed by atoms with E-state index < -0.39 is 35.6 Å². The predicted octanol–water partition coefficient (Wildman–Crippen LogP) is 2.70. The van der Waals surface area contributed by atoms with Gasteiger partial charge in [-0.15, -0.1) is 0 Å². The van der Waals surface area contributed by atoms with Crippen LogP contribution < -0.4 is 10.5 Å². The van der Waals surface area contributed by atoms with E-state index in [-0.39, 0.29) is 24.7 Å². The maximum absolute atomic E-state index is 13.7. The zero-order valence-electron chi connectivity index (χ0n) is 14.6. The van der Waals surface area contributed by atoms with Gasteiger partial charge in [0.15, 0.2) is 11.6 Å². The average Bonchev–Trinajstić information content (AvgIpc) is 3.09. The molecule has 1 aromatic heterocycles. The van der Waals surface area contributed by atoms with Gasteiger partial charge < -0.3 is 15.4 Å². The topological polar surface area (TPSA) is 84.0 Å². The molecule has 2 aliphatic heterocycles. The number of ether oxygens (including phenoxy) is 1. The standard InChI is InChI=1S/C18H16F3N5O2/c19-11-3-10(4-12(20)5-11)15-1-2-24-26(15)18(27)25-8-13(9-25)28-16-6-17(22)23-7-14(16)21/h2-7,13,15H,1,8-9H2,(H2,22,23)/t15-/m0/s1. The largest absolute Gasteiger partial charge is 0.483 e. The second kappa shape index (κ2) is 7.02. The number of aromatic nitrogens is 1. The molecule has 2 aromatic rings. The second-order valence-corrected chi connectivity index (χ2v) is 6.56. The molecule has 0 spiro atoms. The van der Waals surface area contributed by atoms with E-state index in [0.29, 0.717) is 12.0 Å². The molecule has 28 heavy (non-hydrogen) atoms. The molecule has 1 aromatic carbocycles. The number of urea groups is 1. The molecule has 10 heteroatoms. The zero-order chi connectivity index (χ0) is 19.8. The molecule has 2 amide bonds. The van der Waals surface area contributed by atoms with Crippen LogP contribution in [-0.2, 0) is 0 Å². The number of halogens is 3. The summed E-state index contributed by atoms with van der Waals surface area (Å²) >= 11 is 0. The smallest absolute Gasteiger partial charge is 0.341 e. The first-order chi connectivity index (χ1) is 13.4. The summed E-state index contributed by atoms with van der Waals surface area (Å²) in [6.07, 6.45) is 2.43. The zero-order valence-corrected chi connectivity index (χ0v) is 14.6. The Kier molecular flexibility index (Phi) is 4.54. The third kappa shape index (κ3) is 3.45. The summed E-state index contributed by atoms with van der Waals surface area (Å²) in [4.78, 5) is 17.8. The Morgan fingerprint density at radius 1 is 1.14 bits per heavy atom. The van der Waals surface area contributed by atoms with Crippen molar-refractivity contribution in [2.75, 3.05) is 18.8 Å². The van der Waals surface area contributed by atoms with Crippen molar-refractivity contribution in [2.45, 2.75) is 18.6 Å². The molecule has 0 radical (unpaired) electrons. The normalized spacial score (nSPS) is 19.0. The van der Waals surface area contributed by atoms with Crippen molar-refractivity contribution in [3.63, 3.8) is 0 Å². The van der Waals surface area contributed by atoms with Gasteiger partial charge in [-0.1, -0.05) is 0 Å². The Hall–Kier alpha value is -3.30. The minimum atomic E-state index is -0.717. The first-order valence-electron chi connectivity index (χ1n) is 8.55. The van der Waals surface area contributed by atoms with Crippen LogP contribution in [0.5, 0.6) is 5.75 Å². The molecule has 0 aliphatic carbocycles. The fraction of sp³-hybridized carbons (Fsp3) is 0.278. The van der Waals surface area contributed by atoms with Gasteiger partial charge in [0.2, 0.25) is 0 Å². The van der Waals surface area contributed by atoms with Crippen molar-refractivity contribution in [3.05, 3.63) is 53.5 Å². The highest BCUT2D eigenvalue weighted by atomic mass is 19.1. The van der Waals surface area contributed by atoms with Crippen LogP contribution in [0.15, 0.2) is 35.6 Å². The maximum atomic E-state index is 13.7. The first kappa shape index (κ1) is 18.1. The highest BCUT2D eigenvalue weighted by Crippen LogP contribution is 2.31. The lowest BCUT2D eigenvalue weighted by atomic mass is 10.0. The number of rotatable bonds is 3. The SMILES string of the molecule is Nc1cc(OC2CN(C(=O)N3N=CC[C@H]3c3cc(F)cc(F)c3)C2)c(F)cn1. The number of amides is 2. The van der Waals surface area contributed by atoms with Gasteiger partial charge in [-0.05, 0) is 17.7 Å². The lowest BCUT2D eigenvalue weighted by molar-refractivity contribution is 0.0257. The average molecular weight is 391 g/mol. The number of nitrogens with zero attached hydrogens (tertiary/aromatic N) is 4. The number of pyridine rings is 1. The monoisotopic (exact) mass is 391 g/mol. The van der Waals surface area contributed by atoms with Crippen LogP contribution in [0.1, 0.15) is 18.0 Å². The van der Waals surface area contributed by atoms with Crippen LogP contribution in [0.4, 0.5) is 23.8 Å². The van der Waals surface area contributed by atoms with Crippen molar-refractivity contribution in [3.8, 4) is 5.75 Å². The summed E-state index contributed by atoms with van der Waals surface area (Å²) in [6, 6.07) is 3.41. The number of carbonyl (C=O) groups excluding carboxylic acids is 1. The van der Waals surface area contributed by atoms with Gasteiger partial charge in [0.25, 0.3) is 0 Å². The van der Waals surface area contributed by atoms with Crippen LogP contribution in [0, 0.1) is 17.5 Å². The highest BCUT2D eigenvalue weighted by molar-refractivity contribution is 5.79. The van der Waals surface area contributed by atoms with Crippen molar-refractivity contribution >= 4 is 18.1 Å². The molecule has 2 aliphatic rings. The summed E-state index contributed by atoms with van der Waals surface area (Å²) < 4.78 is 46.2. The third-order valence-corrected chi connectivity index (χ3v) is 4.55. The van der Waals surface area contributed by atoms with Crippen LogP contribution in [0.2, 0.25) is 0 Å². The summed E-state index contributed by atoms with van der Waals surface area (Å²) in [5.41, 5.74) is 5.84. The van der Waals surface area contributed by atoms with Crippen LogP contribution >= 0.6 is 0 Å². The quantitative estimate of drug-likeness (QED) is 0.872. The van der Waals surface area contributed by atoms with Crippen LogP contribution in [-0.4, -0.2) is 46.3 Å². The maximum Gasteiger partial charge on any atom is 0.341 e. The van der Waals surface area contributed by atoms with Gasteiger partial charge >= 0.3 is 6.03 Å². The molecule has 0 bridgehead atoms. The molecule has 0 saturated carbocycles. The number of hydrazone groups is 1. The molecule has 7 nitrogen and oxygen atoms in total. The number of anilines is 1. The van der Waals surface area contributed by atoms with Crippen LogP contribution in [0.3, 0.4) is 0 Å². The van der Waals surface area contributed by atoms with E-state index in [1.165, 1.54) is 34.3 Å². The highest BCUT2D eigenvalue weighted by Gasteiger charge is 2.39. The van der Waals surface area contributed by atoms with E-state index in [4.69, 9.17) is 10.5 Å². The van der Waals surface area contributed by atoms with Crippen molar-refractivity contribution < 1.29 is 22.7 Å². The molecule has 1 fully saturated rings. The molecule has 1 saturated heterocycles. The summed E-state index contributed by atoms with van der Waals surface area (Å²) in [6.45, 7) is 0.438. The number of carbonyl (C=O) groups is 1. The number of nitrogen functional groups attached to an aromatic ring is 1. The van der Waals surface area contributed by atoms with Crippen LogP contribution in [0.25, 0.3) is 0 Å². The Morgan fingerprint density at radius 3 is 2.57 bits per heavy atom. The molecule has 0 unspecified atom stereocenters. The minimum Gasteiger partial charge on any atom is -0.483 e. The summed E-state index contributed by atoms with van der Waals surface area (Å²) in [7, 11) is 0. The molecular formula is C18H16F3N5O2. The lowest BCUT2D eigenvalue weighted by Crippen LogP contribution is -2.58. The van der Waals surface area contributed by atoms with E-state index >= 15 is 0 Å². The van der Waals surface area contributed by atoms with Gasteiger partial charge in [-0.2, -0.15) is 5.10 Å². The van der Waals surface area contributed by atoms with Crippen molar-refractivity contribution in [2.24, 2.45) is 5.10 Å². The van der Waals surface area contributed by atoms with E-state index in [0.717, 1.165) is 12.3 Å². The van der Waals surface area contributed by atoms with E-state index in [1.807, 2.05) is 0 Å². The Labute approximate surface area is 158 Å². The van der Waals surface area contributed by atoms with Gasteiger partial charge in [-0.25, -0.2) is 28.0 Å². The number of hydrogen-bond donors (Lipinski definition) is 1.